The first-order chi connectivity index (χ1) is 10.5. The Labute approximate surface area is 138 Å². The second-order valence-electron chi connectivity index (χ2n) is 4.59. The van der Waals surface area contributed by atoms with Gasteiger partial charge in [0.25, 0.3) is 0 Å². The van der Waals surface area contributed by atoms with E-state index in [0.717, 1.165) is 10.9 Å². The van der Waals surface area contributed by atoms with Crippen LogP contribution in [0.3, 0.4) is 0 Å². The van der Waals surface area contributed by atoms with Crippen molar-refractivity contribution in [2.24, 2.45) is 0 Å². The van der Waals surface area contributed by atoms with Gasteiger partial charge in [0, 0.05) is 12.3 Å². The standard InChI is InChI=1S/C15H17BrN2O3S/c1-2-9-21-15-10-13(6-7-14(15)16)22(19,20)18-11-12-5-3-4-8-17-12/h3-8,10,18H,2,9,11H2,1H3. The molecule has 0 bridgehead atoms. The van der Waals surface area contributed by atoms with Crippen molar-refractivity contribution in [1.29, 1.82) is 0 Å². The summed E-state index contributed by atoms with van der Waals surface area (Å²) >= 11 is 3.35. The molecule has 118 valence electrons. The lowest BCUT2D eigenvalue weighted by atomic mass is 10.3. The van der Waals surface area contributed by atoms with Gasteiger partial charge in [-0.25, -0.2) is 13.1 Å². The molecule has 0 radical (unpaired) electrons. The van der Waals surface area contributed by atoms with Crippen molar-refractivity contribution in [1.82, 2.24) is 9.71 Å². The smallest absolute Gasteiger partial charge is 0.241 e. The molecular formula is C15H17BrN2O3S. The molecule has 2 rings (SSSR count). The van der Waals surface area contributed by atoms with Crippen LogP contribution >= 0.6 is 15.9 Å². The summed E-state index contributed by atoms with van der Waals surface area (Å²) in [5.41, 5.74) is 0.658. The molecular weight excluding hydrogens is 368 g/mol. The van der Waals surface area contributed by atoms with E-state index in [-0.39, 0.29) is 11.4 Å². The summed E-state index contributed by atoms with van der Waals surface area (Å²) in [7, 11) is -3.61. The third-order valence-corrected chi connectivity index (χ3v) is 4.90. The molecule has 1 N–H and O–H groups in total. The maximum Gasteiger partial charge on any atom is 0.241 e. The van der Waals surface area contributed by atoms with Gasteiger partial charge in [0.15, 0.2) is 0 Å². The minimum absolute atomic E-state index is 0.143. The highest BCUT2D eigenvalue weighted by molar-refractivity contribution is 9.10. The molecule has 0 saturated heterocycles. The highest BCUT2D eigenvalue weighted by Crippen LogP contribution is 2.28. The lowest BCUT2D eigenvalue weighted by Gasteiger charge is -2.10. The Morgan fingerprint density at radius 1 is 1.27 bits per heavy atom. The van der Waals surface area contributed by atoms with Crippen LogP contribution in [-0.4, -0.2) is 20.0 Å². The van der Waals surface area contributed by atoms with E-state index < -0.39 is 10.0 Å². The topological polar surface area (TPSA) is 68.3 Å². The van der Waals surface area contributed by atoms with E-state index in [4.69, 9.17) is 4.74 Å². The van der Waals surface area contributed by atoms with Crippen LogP contribution in [0.2, 0.25) is 0 Å². The number of sulfonamides is 1. The Kier molecular flexibility index (Phi) is 5.93. The van der Waals surface area contributed by atoms with Crippen LogP contribution in [0, 0.1) is 0 Å². The lowest BCUT2D eigenvalue weighted by molar-refractivity contribution is 0.314. The number of ether oxygens (including phenoxy) is 1. The van der Waals surface area contributed by atoms with Gasteiger partial charge in [0.2, 0.25) is 10.0 Å². The first kappa shape index (κ1) is 16.9. The second kappa shape index (κ2) is 7.71. The highest BCUT2D eigenvalue weighted by Gasteiger charge is 2.16. The predicted octanol–water partition coefficient (Wildman–Crippen LogP) is 3.11. The van der Waals surface area contributed by atoms with Crippen LogP contribution in [0.4, 0.5) is 0 Å². The minimum atomic E-state index is -3.61. The average Bonchev–Trinajstić information content (AvgIpc) is 2.53. The fourth-order valence-corrected chi connectivity index (χ4v) is 3.10. The summed E-state index contributed by atoms with van der Waals surface area (Å²) < 4.78 is 33.5. The first-order valence-corrected chi connectivity index (χ1v) is 9.12. The van der Waals surface area contributed by atoms with Gasteiger partial charge in [0.1, 0.15) is 5.75 Å². The number of pyridine rings is 1. The molecule has 1 aromatic carbocycles. The van der Waals surface area contributed by atoms with E-state index in [1.807, 2.05) is 13.0 Å². The van der Waals surface area contributed by atoms with Crippen LogP contribution in [0.5, 0.6) is 5.75 Å². The zero-order chi connectivity index (χ0) is 16.0. The molecule has 0 fully saturated rings. The zero-order valence-corrected chi connectivity index (χ0v) is 14.5. The summed E-state index contributed by atoms with van der Waals surface area (Å²) in [6.07, 6.45) is 2.47. The number of hydrogen-bond acceptors (Lipinski definition) is 4. The maximum absolute atomic E-state index is 12.3. The van der Waals surface area contributed by atoms with Crippen LogP contribution in [0.15, 0.2) is 52.0 Å². The number of halogens is 1. The fourth-order valence-electron chi connectivity index (χ4n) is 1.73. The maximum atomic E-state index is 12.3. The molecule has 0 aliphatic heterocycles. The van der Waals surface area contributed by atoms with E-state index in [1.54, 1.807) is 24.4 Å². The van der Waals surface area contributed by atoms with E-state index in [1.165, 1.54) is 12.1 Å². The molecule has 1 heterocycles. The van der Waals surface area contributed by atoms with Gasteiger partial charge in [-0.3, -0.25) is 4.98 Å². The molecule has 5 nitrogen and oxygen atoms in total. The molecule has 0 aliphatic carbocycles. The number of nitrogens with zero attached hydrogens (tertiary/aromatic N) is 1. The van der Waals surface area contributed by atoms with Crippen molar-refractivity contribution < 1.29 is 13.2 Å². The monoisotopic (exact) mass is 384 g/mol. The van der Waals surface area contributed by atoms with Crippen molar-refractivity contribution >= 4 is 26.0 Å². The van der Waals surface area contributed by atoms with E-state index in [9.17, 15) is 8.42 Å². The number of benzene rings is 1. The van der Waals surface area contributed by atoms with Crippen molar-refractivity contribution in [2.75, 3.05) is 6.61 Å². The Bertz CT molecular complexity index is 721. The number of nitrogens with one attached hydrogen (secondary N) is 1. The van der Waals surface area contributed by atoms with Gasteiger partial charge in [-0.1, -0.05) is 13.0 Å². The molecule has 0 atom stereocenters. The van der Waals surface area contributed by atoms with Crippen molar-refractivity contribution in [2.45, 2.75) is 24.8 Å². The number of aromatic nitrogens is 1. The van der Waals surface area contributed by atoms with Crippen molar-refractivity contribution in [3.8, 4) is 5.75 Å². The van der Waals surface area contributed by atoms with Gasteiger partial charge < -0.3 is 4.74 Å². The van der Waals surface area contributed by atoms with Crippen molar-refractivity contribution in [3.05, 3.63) is 52.8 Å². The summed E-state index contributed by atoms with van der Waals surface area (Å²) in [6.45, 7) is 2.66. The highest BCUT2D eigenvalue weighted by atomic mass is 79.9. The molecule has 0 spiro atoms. The molecule has 0 unspecified atom stereocenters. The Morgan fingerprint density at radius 2 is 2.09 bits per heavy atom. The van der Waals surface area contributed by atoms with Crippen LogP contribution in [0.25, 0.3) is 0 Å². The Morgan fingerprint density at radius 3 is 2.77 bits per heavy atom. The molecule has 0 amide bonds. The van der Waals surface area contributed by atoms with Crippen molar-refractivity contribution in [3.63, 3.8) is 0 Å². The van der Waals surface area contributed by atoms with Crippen LogP contribution in [0.1, 0.15) is 19.0 Å². The third kappa shape index (κ3) is 4.53. The lowest BCUT2D eigenvalue weighted by Crippen LogP contribution is -2.23. The van der Waals surface area contributed by atoms with E-state index >= 15 is 0 Å². The van der Waals surface area contributed by atoms with Gasteiger partial charge in [-0.15, -0.1) is 0 Å². The predicted molar refractivity (Wildman–Crippen MR) is 88.2 cm³/mol. The molecule has 22 heavy (non-hydrogen) atoms. The average molecular weight is 385 g/mol. The van der Waals surface area contributed by atoms with Crippen LogP contribution in [-0.2, 0) is 16.6 Å². The molecule has 0 saturated carbocycles. The molecule has 7 heteroatoms. The first-order valence-electron chi connectivity index (χ1n) is 6.85. The Balaban J connectivity index is 2.15. The van der Waals surface area contributed by atoms with Gasteiger partial charge >= 0.3 is 0 Å². The second-order valence-corrected chi connectivity index (χ2v) is 7.21. The number of rotatable bonds is 7. The van der Waals surface area contributed by atoms with Crippen LogP contribution < -0.4 is 9.46 Å². The van der Waals surface area contributed by atoms with Gasteiger partial charge in [-0.05, 0) is 46.6 Å². The zero-order valence-electron chi connectivity index (χ0n) is 12.1. The molecule has 1 aromatic heterocycles. The molecule has 0 aliphatic rings. The Hall–Kier alpha value is -1.44. The summed E-state index contributed by atoms with van der Waals surface area (Å²) in [6, 6.07) is 10.1. The summed E-state index contributed by atoms with van der Waals surface area (Å²) in [5, 5.41) is 0. The third-order valence-electron chi connectivity index (χ3n) is 2.84. The summed E-state index contributed by atoms with van der Waals surface area (Å²) in [5.74, 6) is 0.516. The largest absolute Gasteiger partial charge is 0.492 e. The SMILES string of the molecule is CCCOc1cc(S(=O)(=O)NCc2ccccn2)ccc1Br. The fraction of sp³-hybridized carbons (Fsp3) is 0.267. The normalized spacial score (nSPS) is 11.4. The van der Waals surface area contributed by atoms with E-state index in [2.05, 4.69) is 25.6 Å². The summed E-state index contributed by atoms with van der Waals surface area (Å²) in [4.78, 5) is 4.25. The molecule has 2 aromatic rings. The minimum Gasteiger partial charge on any atom is -0.492 e. The van der Waals surface area contributed by atoms with Gasteiger partial charge in [-0.2, -0.15) is 0 Å². The van der Waals surface area contributed by atoms with E-state index in [0.29, 0.717) is 18.1 Å². The number of hydrogen-bond donors (Lipinski definition) is 1. The van der Waals surface area contributed by atoms with Gasteiger partial charge in [0.05, 0.1) is 28.2 Å². The quantitative estimate of drug-likeness (QED) is 0.795.